The van der Waals surface area contributed by atoms with Crippen molar-refractivity contribution >= 4 is 27.2 Å². The first kappa shape index (κ1) is 23.7. The van der Waals surface area contributed by atoms with Crippen LogP contribution in [0.15, 0.2) is 24.4 Å². The topological polar surface area (TPSA) is 87.1 Å². The van der Waals surface area contributed by atoms with Crippen molar-refractivity contribution in [3.05, 3.63) is 35.5 Å². The van der Waals surface area contributed by atoms with Crippen molar-refractivity contribution in [2.45, 2.75) is 39.7 Å². The number of likely N-dealkylation sites (N-methyl/N-ethyl adjacent to an activating group) is 1. The van der Waals surface area contributed by atoms with Crippen molar-refractivity contribution in [3.8, 4) is 0 Å². The van der Waals surface area contributed by atoms with E-state index in [2.05, 4.69) is 0 Å². The van der Waals surface area contributed by atoms with Gasteiger partial charge in [0, 0.05) is 24.5 Å². The van der Waals surface area contributed by atoms with Gasteiger partial charge in [0.1, 0.15) is 6.10 Å². The van der Waals surface area contributed by atoms with E-state index in [0.29, 0.717) is 31.6 Å². The number of carbonyl (C=O) groups is 1. The van der Waals surface area contributed by atoms with Gasteiger partial charge in [0.25, 0.3) is 0 Å². The van der Waals surface area contributed by atoms with Gasteiger partial charge in [0.2, 0.25) is 0 Å². The van der Waals surface area contributed by atoms with E-state index in [9.17, 15) is 13.2 Å². The molecule has 1 aromatic heterocycles. The summed E-state index contributed by atoms with van der Waals surface area (Å²) in [6.45, 7) is 6.59. The van der Waals surface area contributed by atoms with Gasteiger partial charge in [0.05, 0.1) is 30.8 Å². The predicted octanol–water partition coefficient (Wildman–Crippen LogP) is 2.52. The van der Waals surface area contributed by atoms with Crippen molar-refractivity contribution in [3.63, 3.8) is 0 Å². The second-order valence-electron chi connectivity index (χ2n) is 9.02. The number of nitrogens with zero attached hydrogens (tertiary/aromatic N) is 2. The molecule has 9 heteroatoms. The summed E-state index contributed by atoms with van der Waals surface area (Å²) in [7, 11) is -0.190. The summed E-state index contributed by atoms with van der Waals surface area (Å²) in [6, 6.07) is 5.64. The van der Waals surface area contributed by atoms with Crippen LogP contribution in [0.5, 0.6) is 0 Å². The molecule has 0 saturated carbocycles. The lowest BCUT2D eigenvalue weighted by molar-refractivity contribution is -0.161. The van der Waals surface area contributed by atoms with Crippen molar-refractivity contribution < 1.29 is 26.9 Å². The average molecular weight is 453 g/mol. The van der Waals surface area contributed by atoms with Crippen molar-refractivity contribution in [2.24, 2.45) is 5.41 Å². The fourth-order valence-electron chi connectivity index (χ4n) is 3.36. The number of hydrogen-bond acceptors (Lipinski definition) is 7. The molecule has 2 heterocycles. The van der Waals surface area contributed by atoms with Gasteiger partial charge >= 0.3 is 16.3 Å². The molecule has 3 rings (SSSR count). The summed E-state index contributed by atoms with van der Waals surface area (Å²) in [4.78, 5) is 14.6. The average Bonchev–Trinajstić information content (AvgIpc) is 3.32. The third-order valence-electron chi connectivity index (χ3n) is 5.36. The van der Waals surface area contributed by atoms with E-state index in [0.717, 1.165) is 23.1 Å². The Hall–Kier alpha value is -1.94. The zero-order chi connectivity index (χ0) is 22.8. The lowest BCUT2D eigenvalue weighted by Crippen LogP contribution is -2.36. The number of esters is 1. The number of ether oxygens (including phenoxy) is 2. The molecule has 1 aromatic carbocycles. The minimum Gasteiger partial charge on any atom is -0.459 e. The lowest BCUT2D eigenvalue weighted by Gasteiger charge is -2.24. The molecule has 0 spiro atoms. The van der Waals surface area contributed by atoms with E-state index in [1.54, 1.807) is 26.1 Å². The van der Waals surface area contributed by atoms with Crippen LogP contribution in [0.4, 0.5) is 0 Å². The molecule has 31 heavy (non-hydrogen) atoms. The second kappa shape index (κ2) is 9.28. The number of carbonyl (C=O) groups excluding carboxylic acids is 1. The molecule has 0 aliphatic carbocycles. The zero-order valence-corrected chi connectivity index (χ0v) is 19.7. The molecule has 1 fully saturated rings. The minimum absolute atomic E-state index is 0.292. The van der Waals surface area contributed by atoms with Gasteiger partial charge in [-0.3, -0.25) is 8.98 Å². The summed E-state index contributed by atoms with van der Waals surface area (Å²) >= 11 is 0. The van der Waals surface area contributed by atoms with E-state index in [1.807, 2.05) is 38.1 Å². The molecule has 1 atom stereocenters. The first-order chi connectivity index (χ1) is 14.5. The number of aromatic nitrogens is 1. The molecule has 1 unspecified atom stereocenters. The van der Waals surface area contributed by atoms with Gasteiger partial charge in [-0.05, 0) is 59.0 Å². The quantitative estimate of drug-likeness (QED) is 0.540. The molecular weight excluding hydrogens is 420 g/mol. The van der Waals surface area contributed by atoms with Gasteiger partial charge in [-0.25, -0.2) is 3.97 Å². The summed E-state index contributed by atoms with van der Waals surface area (Å²) in [5.74, 6) is -0.502. The zero-order valence-electron chi connectivity index (χ0n) is 18.9. The molecule has 1 aliphatic rings. The Morgan fingerprint density at radius 2 is 2.06 bits per heavy atom. The maximum atomic E-state index is 13.1. The summed E-state index contributed by atoms with van der Waals surface area (Å²) < 4.78 is 43.3. The summed E-state index contributed by atoms with van der Waals surface area (Å²) in [5.41, 5.74) is 1.42. The SMILES string of the molecule is Cc1ccc2c(c1)c(CCN(C)C)cn2S(=O)(=O)OCC(C)(C)C(=O)OC1CCOC1. The molecule has 0 radical (unpaired) electrons. The summed E-state index contributed by atoms with van der Waals surface area (Å²) in [5, 5.41) is 0.883. The molecule has 1 aliphatic heterocycles. The Morgan fingerprint density at radius 3 is 2.71 bits per heavy atom. The van der Waals surface area contributed by atoms with Crippen molar-refractivity contribution in [1.82, 2.24) is 8.87 Å². The van der Waals surface area contributed by atoms with E-state index in [4.69, 9.17) is 13.7 Å². The predicted molar refractivity (Wildman–Crippen MR) is 118 cm³/mol. The number of aryl methyl sites for hydroxylation is 1. The third-order valence-corrected chi connectivity index (χ3v) is 6.56. The number of benzene rings is 1. The highest BCUT2D eigenvalue weighted by atomic mass is 32.2. The highest BCUT2D eigenvalue weighted by Gasteiger charge is 2.35. The minimum atomic E-state index is -4.14. The van der Waals surface area contributed by atoms with Crippen LogP contribution < -0.4 is 0 Å². The van der Waals surface area contributed by atoms with Crippen molar-refractivity contribution in [1.29, 1.82) is 0 Å². The number of rotatable bonds is 9. The Kier molecular flexibility index (Phi) is 7.10. The molecule has 2 aromatic rings. The Bertz CT molecular complexity index is 1040. The Labute approximate surface area is 184 Å². The van der Waals surface area contributed by atoms with Gasteiger partial charge < -0.3 is 14.4 Å². The fraction of sp³-hybridized carbons (Fsp3) is 0.591. The molecule has 172 valence electrons. The summed E-state index contributed by atoms with van der Waals surface area (Å²) in [6.07, 6.45) is 2.67. The number of hydrogen-bond donors (Lipinski definition) is 0. The van der Waals surface area contributed by atoms with E-state index >= 15 is 0 Å². The molecule has 1 saturated heterocycles. The van der Waals surface area contributed by atoms with Crippen LogP contribution in [0.25, 0.3) is 10.9 Å². The third kappa shape index (κ3) is 5.65. The van der Waals surface area contributed by atoms with Crippen LogP contribution in [0.3, 0.4) is 0 Å². The molecule has 0 N–H and O–H groups in total. The van der Waals surface area contributed by atoms with Crippen LogP contribution in [0, 0.1) is 12.3 Å². The van der Waals surface area contributed by atoms with Crippen LogP contribution in [0.1, 0.15) is 31.4 Å². The van der Waals surface area contributed by atoms with Crippen LogP contribution in [0.2, 0.25) is 0 Å². The van der Waals surface area contributed by atoms with Gasteiger partial charge in [0.15, 0.2) is 0 Å². The number of fused-ring (bicyclic) bond motifs is 1. The smallest absolute Gasteiger partial charge is 0.366 e. The van der Waals surface area contributed by atoms with Gasteiger partial charge in [-0.2, -0.15) is 8.42 Å². The normalized spacial score (nSPS) is 17.5. The molecule has 0 amide bonds. The molecule has 8 nitrogen and oxygen atoms in total. The highest BCUT2D eigenvalue weighted by Crippen LogP contribution is 2.27. The van der Waals surface area contributed by atoms with E-state index in [-0.39, 0.29) is 12.7 Å². The standard InChI is InChI=1S/C22H32N2O6S/c1-16-6-7-20-19(12-16)17(8-10-23(4)5)13-24(20)31(26,27)29-15-22(2,3)21(25)30-18-9-11-28-14-18/h6-7,12-13,18H,8-11,14-15H2,1-5H3. The van der Waals surface area contributed by atoms with Gasteiger partial charge in [-0.1, -0.05) is 11.6 Å². The highest BCUT2D eigenvalue weighted by molar-refractivity contribution is 7.85. The molecule has 0 bridgehead atoms. The second-order valence-corrected chi connectivity index (χ2v) is 10.5. The van der Waals surface area contributed by atoms with Crippen LogP contribution >= 0.6 is 0 Å². The molecular formula is C22H32N2O6S. The van der Waals surface area contributed by atoms with Crippen molar-refractivity contribution in [2.75, 3.05) is 40.5 Å². The van der Waals surface area contributed by atoms with Gasteiger partial charge in [-0.15, -0.1) is 0 Å². The largest absolute Gasteiger partial charge is 0.459 e. The monoisotopic (exact) mass is 452 g/mol. The Balaban J connectivity index is 1.80. The van der Waals surface area contributed by atoms with Crippen LogP contribution in [-0.2, 0) is 35.2 Å². The maximum Gasteiger partial charge on any atom is 0.366 e. The van der Waals surface area contributed by atoms with E-state index < -0.39 is 21.7 Å². The van der Waals surface area contributed by atoms with Crippen LogP contribution in [-0.4, -0.2) is 69.8 Å². The first-order valence-corrected chi connectivity index (χ1v) is 11.8. The lowest BCUT2D eigenvalue weighted by atomic mass is 9.95. The maximum absolute atomic E-state index is 13.1. The first-order valence-electron chi connectivity index (χ1n) is 10.4. The Morgan fingerprint density at radius 1 is 1.32 bits per heavy atom. The fourth-order valence-corrected chi connectivity index (χ4v) is 4.58. The van der Waals surface area contributed by atoms with E-state index in [1.165, 1.54) is 3.97 Å².